The molecule has 0 atom stereocenters. The van der Waals surface area contributed by atoms with Gasteiger partial charge >= 0.3 is 0 Å². The monoisotopic (exact) mass is 250 g/mol. The molecule has 0 unspecified atom stereocenters. The first-order valence-corrected chi connectivity index (χ1v) is 6.66. The number of aryl methyl sites for hydroxylation is 1. The van der Waals surface area contributed by atoms with Crippen LogP contribution in [0.5, 0.6) is 0 Å². The molecule has 4 heteroatoms. The van der Waals surface area contributed by atoms with Crippen LogP contribution in [0.1, 0.15) is 43.9 Å². The molecule has 1 fully saturated rings. The minimum atomic E-state index is -0.736. The fourth-order valence-electron chi connectivity index (χ4n) is 2.56. The van der Waals surface area contributed by atoms with Crippen LogP contribution >= 0.6 is 0 Å². The van der Waals surface area contributed by atoms with Crippen molar-refractivity contribution in [3.63, 3.8) is 0 Å². The Morgan fingerprint density at radius 3 is 2.67 bits per heavy atom. The van der Waals surface area contributed by atoms with Crippen LogP contribution in [0.25, 0.3) is 0 Å². The summed E-state index contributed by atoms with van der Waals surface area (Å²) in [4.78, 5) is 16.3. The molecule has 1 aromatic rings. The topological polar surface area (TPSA) is 55.1 Å². The summed E-state index contributed by atoms with van der Waals surface area (Å²) in [5.74, 6) is 0.680. The first kappa shape index (κ1) is 13.3. The summed E-state index contributed by atoms with van der Waals surface area (Å²) < 4.78 is 1.55. The molecule has 0 spiro atoms. The molecule has 0 radical (unpaired) electrons. The Morgan fingerprint density at radius 1 is 1.44 bits per heavy atom. The summed E-state index contributed by atoms with van der Waals surface area (Å²) in [6, 6.07) is 0. The van der Waals surface area contributed by atoms with Gasteiger partial charge in [0.05, 0.1) is 18.5 Å². The molecule has 1 aliphatic carbocycles. The van der Waals surface area contributed by atoms with E-state index in [1.807, 2.05) is 6.92 Å². The van der Waals surface area contributed by atoms with E-state index in [0.29, 0.717) is 18.0 Å². The molecule has 1 saturated carbocycles. The highest BCUT2D eigenvalue weighted by atomic mass is 16.3. The van der Waals surface area contributed by atoms with Crippen LogP contribution in [0.4, 0.5) is 0 Å². The molecule has 0 aliphatic heterocycles. The van der Waals surface area contributed by atoms with E-state index in [2.05, 4.69) is 11.9 Å². The van der Waals surface area contributed by atoms with Crippen molar-refractivity contribution in [2.75, 3.05) is 0 Å². The maximum Gasteiger partial charge on any atom is 0.256 e. The van der Waals surface area contributed by atoms with Crippen LogP contribution in [-0.2, 0) is 6.54 Å². The quantitative estimate of drug-likeness (QED) is 0.870. The van der Waals surface area contributed by atoms with Crippen molar-refractivity contribution in [2.24, 2.45) is 5.92 Å². The van der Waals surface area contributed by atoms with Crippen molar-refractivity contribution in [3.8, 4) is 0 Å². The molecular formula is C14H22N2O2. The first-order chi connectivity index (χ1) is 8.41. The molecule has 1 aliphatic rings. The van der Waals surface area contributed by atoms with Gasteiger partial charge < -0.3 is 5.11 Å². The van der Waals surface area contributed by atoms with Crippen LogP contribution < -0.4 is 5.56 Å². The number of aromatic nitrogens is 2. The second kappa shape index (κ2) is 4.84. The van der Waals surface area contributed by atoms with Gasteiger partial charge in [0.1, 0.15) is 0 Å². The van der Waals surface area contributed by atoms with Gasteiger partial charge in [-0.2, -0.15) is 0 Å². The fourth-order valence-corrected chi connectivity index (χ4v) is 2.56. The third-order valence-electron chi connectivity index (χ3n) is 4.18. The summed E-state index contributed by atoms with van der Waals surface area (Å²) in [6.07, 6.45) is 5.16. The molecule has 1 aromatic heterocycles. The molecule has 0 aromatic carbocycles. The molecule has 0 bridgehead atoms. The summed E-state index contributed by atoms with van der Waals surface area (Å²) in [6.45, 7) is 6.20. The van der Waals surface area contributed by atoms with Crippen LogP contribution in [0, 0.1) is 19.8 Å². The predicted octanol–water partition coefficient (Wildman–Crippen LogP) is 1.80. The fraction of sp³-hybridized carbons (Fsp3) is 0.714. The zero-order valence-corrected chi connectivity index (χ0v) is 11.4. The number of hydrogen-bond donors (Lipinski definition) is 1. The number of rotatable bonds is 2. The molecule has 2 rings (SSSR count). The predicted molar refractivity (Wildman–Crippen MR) is 70.6 cm³/mol. The second-order valence-electron chi connectivity index (χ2n) is 5.79. The van der Waals surface area contributed by atoms with Crippen molar-refractivity contribution in [3.05, 3.63) is 27.9 Å². The van der Waals surface area contributed by atoms with Crippen LogP contribution in [0.3, 0.4) is 0 Å². The standard InChI is InChI=1S/C14H22N2O2/c1-10-4-6-14(18,7-5-10)8-16-9-15-12(3)11(2)13(16)17/h9-10,18H,4-8H2,1-3H3. The lowest BCUT2D eigenvalue weighted by Gasteiger charge is -2.35. The van der Waals surface area contributed by atoms with Gasteiger partial charge in [-0.3, -0.25) is 9.36 Å². The van der Waals surface area contributed by atoms with E-state index in [1.165, 1.54) is 0 Å². The minimum Gasteiger partial charge on any atom is -0.388 e. The van der Waals surface area contributed by atoms with Crippen LogP contribution in [0.15, 0.2) is 11.1 Å². The number of nitrogens with zero attached hydrogens (tertiary/aromatic N) is 2. The van der Waals surface area contributed by atoms with E-state index < -0.39 is 5.60 Å². The molecule has 1 N–H and O–H groups in total. The molecule has 18 heavy (non-hydrogen) atoms. The lowest BCUT2D eigenvalue weighted by molar-refractivity contribution is -0.0227. The molecular weight excluding hydrogens is 228 g/mol. The lowest BCUT2D eigenvalue weighted by atomic mass is 9.79. The van der Waals surface area contributed by atoms with Gasteiger partial charge in [-0.05, 0) is 45.4 Å². The summed E-state index contributed by atoms with van der Waals surface area (Å²) in [7, 11) is 0. The van der Waals surface area contributed by atoms with Crippen LogP contribution in [-0.4, -0.2) is 20.3 Å². The van der Waals surface area contributed by atoms with Gasteiger partial charge in [-0.25, -0.2) is 4.98 Å². The second-order valence-corrected chi connectivity index (χ2v) is 5.79. The van der Waals surface area contributed by atoms with E-state index in [9.17, 15) is 9.90 Å². The number of hydrogen-bond acceptors (Lipinski definition) is 3. The highest BCUT2D eigenvalue weighted by Gasteiger charge is 2.32. The largest absolute Gasteiger partial charge is 0.388 e. The zero-order valence-electron chi connectivity index (χ0n) is 11.4. The van der Waals surface area contributed by atoms with Crippen molar-refractivity contribution >= 4 is 0 Å². The van der Waals surface area contributed by atoms with Gasteiger partial charge in [0, 0.05) is 11.3 Å². The smallest absolute Gasteiger partial charge is 0.256 e. The highest BCUT2D eigenvalue weighted by Crippen LogP contribution is 2.32. The Hall–Kier alpha value is -1.16. The highest BCUT2D eigenvalue weighted by molar-refractivity contribution is 5.12. The van der Waals surface area contributed by atoms with Crippen molar-refractivity contribution < 1.29 is 5.11 Å². The van der Waals surface area contributed by atoms with E-state index in [0.717, 1.165) is 31.4 Å². The third-order valence-corrected chi connectivity index (χ3v) is 4.18. The first-order valence-electron chi connectivity index (χ1n) is 6.66. The Morgan fingerprint density at radius 2 is 2.06 bits per heavy atom. The van der Waals surface area contributed by atoms with Crippen molar-refractivity contribution in [1.82, 2.24) is 9.55 Å². The summed E-state index contributed by atoms with van der Waals surface area (Å²) in [5.41, 5.74) is 0.667. The van der Waals surface area contributed by atoms with E-state index in [1.54, 1.807) is 17.8 Å². The van der Waals surface area contributed by atoms with Gasteiger partial charge in [-0.1, -0.05) is 6.92 Å². The van der Waals surface area contributed by atoms with E-state index in [4.69, 9.17) is 0 Å². The van der Waals surface area contributed by atoms with Crippen molar-refractivity contribution in [2.45, 2.75) is 58.6 Å². The van der Waals surface area contributed by atoms with Gasteiger partial charge in [0.25, 0.3) is 5.56 Å². The lowest BCUT2D eigenvalue weighted by Crippen LogP contribution is -2.41. The maximum atomic E-state index is 12.1. The molecule has 1 heterocycles. The SMILES string of the molecule is Cc1ncn(CC2(O)CCC(C)CC2)c(=O)c1C. The van der Waals surface area contributed by atoms with Crippen LogP contribution in [0.2, 0.25) is 0 Å². The average molecular weight is 250 g/mol. The van der Waals surface area contributed by atoms with E-state index in [-0.39, 0.29) is 5.56 Å². The van der Waals surface area contributed by atoms with Gasteiger partial charge in [0.15, 0.2) is 0 Å². The molecule has 0 saturated heterocycles. The molecule has 100 valence electrons. The van der Waals surface area contributed by atoms with Crippen molar-refractivity contribution in [1.29, 1.82) is 0 Å². The Balaban J connectivity index is 2.19. The normalized spacial score (nSPS) is 28.3. The Kier molecular flexibility index (Phi) is 3.57. The number of aliphatic hydroxyl groups is 1. The Bertz CT molecular complexity index is 485. The van der Waals surface area contributed by atoms with E-state index >= 15 is 0 Å². The molecule has 0 amide bonds. The van der Waals surface area contributed by atoms with Gasteiger partial charge in [0.2, 0.25) is 0 Å². The zero-order chi connectivity index (χ0) is 13.3. The maximum absolute atomic E-state index is 12.1. The third kappa shape index (κ3) is 2.64. The Labute approximate surface area is 108 Å². The summed E-state index contributed by atoms with van der Waals surface area (Å²) >= 11 is 0. The minimum absolute atomic E-state index is 0.0328. The molecule has 4 nitrogen and oxygen atoms in total. The average Bonchev–Trinajstić information content (AvgIpc) is 2.34. The van der Waals surface area contributed by atoms with Gasteiger partial charge in [-0.15, -0.1) is 0 Å². The summed E-state index contributed by atoms with van der Waals surface area (Å²) in [5, 5.41) is 10.5.